The highest BCUT2D eigenvalue weighted by Crippen LogP contribution is 2.36. The van der Waals surface area contributed by atoms with Crippen LogP contribution >= 0.6 is 34.5 Å². The maximum absolute atomic E-state index is 11.2. The number of aromatic nitrogens is 1. The van der Waals surface area contributed by atoms with Crippen LogP contribution in [-0.4, -0.2) is 19.7 Å². The second-order valence-corrected chi connectivity index (χ2v) is 8.32. The fraction of sp³-hybridized carbons (Fsp3) is 0.0714. The van der Waals surface area contributed by atoms with E-state index in [-0.39, 0.29) is 0 Å². The van der Waals surface area contributed by atoms with Crippen molar-refractivity contribution in [3.8, 4) is 10.6 Å². The van der Waals surface area contributed by atoms with Gasteiger partial charge in [-0.15, -0.1) is 11.3 Å². The molecule has 0 aliphatic heterocycles. The number of benzene rings is 2. The monoisotopic (exact) mass is 372 g/mol. The zero-order valence-corrected chi connectivity index (χ0v) is 14.4. The molecule has 1 N–H and O–H groups in total. The Labute approximate surface area is 141 Å². The van der Waals surface area contributed by atoms with Gasteiger partial charge in [-0.05, 0) is 36.4 Å². The number of hydrogen-bond acceptors (Lipinski definition) is 4. The van der Waals surface area contributed by atoms with Crippen LogP contribution in [0, 0.1) is 0 Å². The molecule has 0 unspecified atom stereocenters. The lowest BCUT2D eigenvalue weighted by atomic mass is 10.2. The first-order valence-corrected chi connectivity index (χ1v) is 9.62. The first kappa shape index (κ1) is 15.6. The molecule has 0 aliphatic carbocycles. The van der Waals surface area contributed by atoms with Crippen molar-refractivity contribution in [2.45, 2.75) is 0 Å². The van der Waals surface area contributed by atoms with Crippen molar-refractivity contribution < 1.29 is 8.42 Å². The van der Waals surface area contributed by atoms with Crippen LogP contribution in [0.25, 0.3) is 20.8 Å². The quantitative estimate of drug-likeness (QED) is 0.728. The van der Waals surface area contributed by atoms with Crippen molar-refractivity contribution in [1.82, 2.24) is 4.98 Å². The van der Waals surface area contributed by atoms with E-state index in [0.29, 0.717) is 15.7 Å². The number of hydrogen-bond donors (Lipinski definition) is 1. The van der Waals surface area contributed by atoms with E-state index in [2.05, 4.69) is 9.71 Å². The van der Waals surface area contributed by atoms with Gasteiger partial charge >= 0.3 is 0 Å². The topological polar surface area (TPSA) is 59.1 Å². The van der Waals surface area contributed by atoms with E-state index < -0.39 is 10.0 Å². The Balaban J connectivity index is 2.03. The van der Waals surface area contributed by atoms with Crippen molar-refractivity contribution >= 4 is 60.5 Å². The van der Waals surface area contributed by atoms with Gasteiger partial charge in [-0.25, -0.2) is 13.4 Å². The molecule has 0 atom stereocenters. The highest BCUT2D eigenvalue weighted by atomic mass is 35.5. The Morgan fingerprint density at radius 2 is 1.91 bits per heavy atom. The summed E-state index contributed by atoms with van der Waals surface area (Å²) in [6.45, 7) is 0. The highest BCUT2D eigenvalue weighted by molar-refractivity contribution is 7.92. The minimum Gasteiger partial charge on any atom is -0.284 e. The van der Waals surface area contributed by atoms with Gasteiger partial charge in [0, 0.05) is 16.3 Å². The summed E-state index contributed by atoms with van der Waals surface area (Å²) in [7, 11) is -3.33. The molecule has 1 aromatic heterocycles. The fourth-order valence-electron chi connectivity index (χ4n) is 1.98. The number of nitrogens with one attached hydrogen (secondary N) is 1. The molecule has 2 aromatic carbocycles. The molecule has 1 heterocycles. The average molecular weight is 373 g/mol. The van der Waals surface area contributed by atoms with Gasteiger partial charge in [0.2, 0.25) is 10.0 Å². The van der Waals surface area contributed by atoms with Crippen LogP contribution in [-0.2, 0) is 10.0 Å². The van der Waals surface area contributed by atoms with Crippen molar-refractivity contribution in [3.05, 3.63) is 46.4 Å². The molecule has 114 valence electrons. The first-order valence-electron chi connectivity index (χ1n) is 6.16. The lowest BCUT2D eigenvalue weighted by molar-refractivity contribution is 0.607. The standard InChI is InChI=1S/C14H10Cl2N2O2S2/c1-22(19,20)18-9-3-4-10(11(16)7-9)14-17-12-5-2-8(15)6-13(12)21-14/h2-7,18H,1H3. The van der Waals surface area contributed by atoms with E-state index in [9.17, 15) is 8.42 Å². The summed E-state index contributed by atoms with van der Waals surface area (Å²) < 4.78 is 25.8. The summed E-state index contributed by atoms with van der Waals surface area (Å²) in [6.07, 6.45) is 1.09. The molecule has 0 saturated heterocycles. The van der Waals surface area contributed by atoms with E-state index in [1.807, 2.05) is 12.1 Å². The van der Waals surface area contributed by atoms with E-state index in [4.69, 9.17) is 23.2 Å². The van der Waals surface area contributed by atoms with Crippen molar-refractivity contribution in [3.63, 3.8) is 0 Å². The van der Waals surface area contributed by atoms with Crippen LogP contribution in [0.2, 0.25) is 10.0 Å². The van der Waals surface area contributed by atoms with Crippen LogP contribution < -0.4 is 4.72 Å². The predicted molar refractivity (Wildman–Crippen MR) is 93.5 cm³/mol. The van der Waals surface area contributed by atoms with Gasteiger partial charge in [-0.3, -0.25) is 4.72 Å². The third-order valence-electron chi connectivity index (χ3n) is 2.85. The third-order valence-corrected chi connectivity index (χ3v) is 5.06. The molecule has 0 spiro atoms. The number of halogens is 2. The summed E-state index contributed by atoms with van der Waals surface area (Å²) in [4.78, 5) is 4.53. The van der Waals surface area contributed by atoms with Gasteiger partial charge in [-0.1, -0.05) is 23.2 Å². The van der Waals surface area contributed by atoms with Crippen molar-refractivity contribution in [1.29, 1.82) is 0 Å². The molecular formula is C14H10Cl2N2O2S2. The number of thiazole rings is 1. The number of sulfonamides is 1. The second-order valence-electron chi connectivity index (χ2n) is 4.70. The fourth-order valence-corrected chi connectivity index (χ4v) is 4.14. The van der Waals surface area contributed by atoms with Crippen LogP contribution in [0.5, 0.6) is 0 Å². The smallest absolute Gasteiger partial charge is 0.229 e. The van der Waals surface area contributed by atoms with Gasteiger partial charge in [0.1, 0.15) is 5.01 Å². The SMILES string of the molecule is CS(=O)(=O)Nc1ccc(-c2nc3ccc(Cl)cc3s2)c(Cl)c1. The van der Waals surface area contributed by atoms with Gasteiger partial charge in [0.15, 0.2) is 0 Å². The van der Waals surface area contributed by atoms with Gasteiger partial charge < -0.3 is 0 Å². The minimum atomic E-state index is -3.33. The molecule has 0 radical (unpaired) electrons. The van der Waals surface area contributed by atoms with Gasteiger partial charge in [-0.2, -0.15) is 0 Å². The zero-order chi connectivity index (χ0) is 15.9. The van der Waals surface area contributed by atoms with E-state index >= 15 is 0 Å². The summed E-state index contributed by atoms with van der Waals surface area (Å²) in [5.41, 5.74) is 2.01. The normalized spacial score (nSPS) is 11.8. The summed E-state index contributed by atoms with van der Waals surface area (Å²) in [6, 6.07) is 10.5. The second kappa shape index (κ2) is 5.70. The predicted octanol–water partition coefficient (Wildman–Crippen LogP) is 4.64. The minimum absolute atomic E-state index is 0.417. The van der Waals surface area contributed by atoms with Crippen LogP contribution in [0.4, 0.5) is 5.69 Å². The largest absolute Gasteiger partial charge is 0.284 e. The lowest BCUT2D eigenvalue weighted by Crippen LogP contribution is -2.09. The molecule has 4 nitrogen and oxygen atoms in total. The summed E-state index contributed by atoms with van der Waals surface area (Å²) >= 11 is 13.7. The highest BCUT2D eigenvalue weighted by Gasteiger charge is 2.12. The lowest BCUT2D eigenvalue weighted by Gasteiger charge is -2.06. The van der Waals surface area contributed by atoms with Crippen molar-refractivity contribution in [2.24, 2.45) is 0 Å². The van der Waals surface area contributed by atoms with Crippen molar-refractivity contribution in [2.75, 3.05) is 11.0 Å². The third kappa shape index (κ3) is 3.35. The molecular weight excluding hydrogens is 363 g/mol. The van der Waals surface area contributed by atoms with Gasteiger partial charge in [0.25, 0.3) is 0 Å². The Kier molecular flexibility index (Phi) is 4.03. The molecule has 3 aromatic rings. The molecule has 3 rings (SSSR count). The number of fused-ring (bicyclic) bond motifs is 1. The molecule has 22 heavy (non-hydrogen) atoms. The van der Waals surface area contributed by atoms with E-state index in [0.717, 1.165) is 27.0 Å². The maximum atomic E-state index is 11.2. The Morgan fingerprint density at radius 1 is 1.14 bits per heavy atom. The molecule has 0 aliphatic rings. The van der Waals surface area contributed by atoms with Crippen LogP contribution in [0.3, 0.4) is 0 Å². The average Bonchev–Trinajstić information content (AvgIpc) is 2.79. The van der Waals surface area contributed by atoms with Gasteiger partial charge in [0.05, 0.1) is 21.5 Å². The maximum Gasteiger partial charge on any atom is 0.229 e. The van der Waals surface area contributed by atoms with Crippen LogP contribution in [0.15, 0.2) is 36.4 Å². The van der Waals surface area contributed by atoms with Crippen LogP contribution in [0.1, 0.15) is 0 Å². The number of rotatable bonds is 3. The first-order chi connectivity index (χ1) is 10.3. The van der Waals surface area contributed by atoms with E-state index in [1.54, 1.807) is 24.3 Å². The Hall–Kier alpha value is -1.34. The summed E-state index contributed by atoms with van der Waals surface area (Å²) in [5.74, 6) is 0. The zero-order valence-electron chi connectivity index (χ0n) is 11.3. The molecule has 0 amide bonds. The van der Waals surface area contributed by atoms with E-state index in [1.165, 1.54) is 11.3 Å². The Morgan fingerprint density at radius 3 is 2.59 bits per heavy atom. The number of nitrogens with zero attached hydrogens (tertiary/aromatic N) is 1. The molecule has 0 bridgehead atoms. The molecule has 0 fully saturated rings. The molecule has 8 heteroatoms. The molecule has 0 saturated carbocycles. The number of anilines is 1. The summed E-state index contributed by atoms with van der Waals surface area (Å²) in [5, 5.41) is 1.84. The Bertz CT molecular complexity index is 968.